The van der Waals surface area contributed by atoms with Gasteiger partial charge in [-0.05, 0) is 12.8 Å². The summed E-state index contributed by atoms with van der Waals surface area (Å²) in [6.45, 7) is 4.43. The Labute approximate surface area is 106 Å². The first-order valence-electron chi connectivity index (χ1n) is 6.57. The Morgan fingerprint density at radius 1 is 1.06 bits per heavy atom. The first-order valence-corrected chi connectivity index (χ1v) is 6.57. The third-order valence-electron chi connectivity index (χ3n) is 2.84. The number of carbonyl (C=O) groups excluding carboxylic acids is 1. The Morgan fingerprint density at radius 2 is 1.72 bits per heavy atom. The summed E-state index contributed by atoms with van der Waals surface area (Å²) in [5, 5.41) is 0. The quantitative estimate of drug-likeness (QED) is 0.747. The minimum atomic E-state index is -0.627. The molecule has 1 heterocycles. The fourth-order valence-electron chi connectivity index (χ4n) is 1.80. The largest absolute Gasteiger partial charge is 0.351 e. The summed E-state index contributed by atoms with van der Waals surface area (Å²) in [5.74, 6) is -0.303. The summed E-state index contributed by atoms with van der Waals surface area (Å²) in [5.41, 5.74) is -1.13. The number of hydrogen-bond donors (Lipinski definition) is 1. The zero-order chi connectivity index (χ0) is 13.5. The maximum absolute atomic E-state index is 11.9. The summed E-state index contributed by atoms with van der Waals surface area (Å²) in [6, 6.07) is 0. The van der Waals surface area contributed by atoms with Gasteiger partial charge in [-0.2, -0.15) is 4.68 Å². The van der Waals surface area contributed by atoms with Gasteiger partial charge in [0.25, 0.3) is 0 Å². The van der Waals surface area contributed by atoms with Crippen LogP contribution in [0.3, 0.4) is 0 Å². The number of unbranched alkanes of at least 4 members (excludes halogenated alkanes) is 3. The molecule has 0 fully saturated rings. The molecular weight excluding hydrogens is 234 g/mol. The fraction of sp³-hybridized carbons (Fsp3) is 0.750. The third kappa shape index (κ3) is 3.45. The predicted octanol–water partition coefficient (Wildman–Crippen LogP) is 1.36. The van der Waals surface area contributed by atoms with Crippen molar-refractivity contribution in [1.29, 1.82) is 0 Å². The molecule has 0 atom stereocenters. The van der Waals surface area contributed by atoms with Crippen molar-refractivity contribution < 1.29 is 4.79 Å². The Morgan fingerprint density at radius 3 is 2.33 bits per heavy atom. The van der Waals surface area contributed by atoms with E-state index < -0.39 is 11.4 Å². The van der Waals surface area contributed by atoms with E-state index >= 15 is 0 Å². The van der Waals surface area contributed by atoms with E-state index in [4.69, 9.17) is 0 Å². The highest BCUT2D eigenvalue weighted by atomic mass is 16.2. The lowest BCUT2D eigenvalue weighted by Crippen LogP contribution is -2.32. The van der Waals surface area contributed by atoms with E-state index in [1.54, 1.807) is 0 Å². The number of H-pyrrole nitrogens is 1. The molecule has 18 heavy (non-hydrogen) atoms. The zero-order valence-electron chi connectivity index (χ0n) is 11.1. The normalized spacial score (nSPS) is 10.8. The van der Waals surface area contributed by atoms with Crippen molar-refractivity contribution >= 4 is 5.91 Å². The first-order chi connectivity index (χ1) is 8.61. The average Bonchev–Trinajstić information content (AvgIpc) is 2.61. The van der Waals surface area contributed by atoms with Crippen LogP contribution < -0.4 is 11.4 Å². The van der Waals surface area contributed by atoms with Gasteiger partial charge in [0.1, 0.15) is 0 Å². The van der Waals surface area contributed by atoms with Gasteiger partial charge in [0.2, 0.25) is 5.91 Å². The molecule has 0 aliphatic heterocycles. The predicted molar refractivity (Wildman–Crippen MR) is 69.0 cm³/mol. The van der Waals surface area contributed by atoms with Crippen molar-refractivity contribution in [3.8, 4) is 0 Å². The lowest BCUT2D eigenvalue weighted by atomic mass is 10.2. The second-order valence-electron chi connectivity index (χ2n) is 4.37. The second-order valence-corrected chi connectivity index (χ2v) is 4.37. The van der Waals surface area contributed by atoms with Crippen LogP contribution in [0.4, 0.5) is 0 Å². The smallest absolute Gasteiger partial charge is 0.272 e. The van der Waals surface area contributed by atoms with Gasteiger partial charge in [0.05, 0.1) is 0 Å². The van der Waals surface area contributed by atoms with Crippen LogP contribution in [0, 0.1) is 0 Å². The van der Waals surface area contributed by atoms with Crippen LogP contribution in [0.1, 0.15) is 57.2 Å². The van der Waals surface area contributed by atoms with Crippen molar-refractivity contribution in [3.63, 3.8) is 0 Å². The number of rotatable bonds is 7. The maximum Gasteiger partial charge on any atom is 0.351 e. The molecule has 1 rings (SSSR count). The van der Waals surface area contributed by atoms with Crippen molar-refractivity contribution in [2.75, 3.05) is 0 Å². The van der Waals surface area contributed by atoms with Gasteiger partial charge < -0.3 is 0 Å². The number of nitrogens with one attached hydrogen (secondary N) is 1. The molecule has 0 amide bonds. The molecular formula is C12H21N3O3. The standard InChI is InChI=1S/C12H21N3O3/c1-3-5-7-8-10(16)15-12(18)13-11(17)14(15)9-6-4-2/h3-9H2,1-2H3,(H,13,17,18). The van der Waals surface area contributed by atoms with Crippen molar-refractivity contribution in [1.82, 2.24) is 14.3 Å². The maximum atomic E-state index is 11.9. The molecule has 0 saturated carbocycles. The van der Waals surface area contributed by atoms with Crippen molar-refractivity contribution in [3.05, 3.63) is 21.0 Å². The van der Waals surface area contributed by atoms with Gasteiger partial charge >= 0.3 is 11.4 Å². The molecule has 6 nitrogen and oxygen atoms in total. The highest BCUT2D eigenvalue weighted by Crippen LogP contribution is 2.01. The summed E-state index contributed by atoms with van der Waals surface area (Å²) in [6.07, 6.45) is 4.67. The minimum absolute atomic E-state index is 0.303. The SMILES string of the molecule is CCCCCC(=O)n1c(=O)[nH]c(=O)n1CCCC. The number of carbonyl (C=O) groups is 1. The molecule has 6 heteroatoms. The summed E-state index contributed by atoms with van der Waals surface area (Å²) >= 11 is 0. The molecule has 0 saturated heterocycles. The number of aromatic amines is 1. The van der Waals surface area contributed by atoms with E-state index in [0.717, 1.165) is 36.8 Å². The molecule has 0 unspecified atom stereocenters. The van der Waals surface area contributed by atoms with Crippen LogP contribution >= 0.6 is 0 Å². The third-order valence-corrected chi connectivity index (χ3v) is 2.84. The minimum Gasteiger partial charge on any atom is -0.272 e. The van der Waals surface area contributed by atoms with E-state index in [-0.39, 0.29) is 5.91 Å². The molecule has 1 aromatic heterocycles. The molecule has 1 N–H and O–H groups in total. The van der Waals surface area contributed by atoms with Crippen LogP contribution in [0.25, 0.3) is 0 Å². The number of hydrogen-bond acceptors (Lipinski definition) is 3. The summed E-state index contributed by atoms with van der Waals surface area (Å²) < 4.78 is 2.16. The van der Waals surface area contributed by atoms with Gasteiger partial charge in [0.15, 0.2) is 0 Å². The molecule has 0 bridgehead atoms. The van der Waals surface area contributed by atoms with Crippen LogP contribution in [-0.2, 0) is 6.54 Å². The van der Waals surface area contributed by atoms with Gasteiger partial charge in [-0.3, -0.25) is 9.78 Å². The highest BCUT2D eigenvalue weighted by Gasteiger charge is 2.15. The molecule has 0 aromatic carbocycles. The molecule has 0 spiro atoms. The topological polar surface area (TPSA) is 76.9 Å². The van der Waals surface area contributed by atoms with E-state index in [2.05, 4.69) is 4.98 Å². The van der Waals surface area contributed by atoms with Gasteiger partial charge in [-0.25, -0.2) is 14.3 Å². The van der Waals surface area contributed by atoms with Gasteiger partial charge in [0, 0.05) is 13.0 Å². The van der Waals surface area contributed by atoms with E-state index in [1.165, 1.54) is 4.68 Å². The molecule has 102 valence electrons. The van der Waals surface area contributed by atoms with E-state index in [9.17, 15) is 14.4 Å². The molecule has 1 aromatic rings. The molecule has 0 aliphatic rings. The van der Waals surface area contributed by atoms with Gasteiger partial charge in [-0.15, -0.1) is 0 Å². The monoisotopic (exact) mass is 255 g/mol. The summed E-state index contributed by atoms with van der Waals surface area (Å²) in [7, 11) is 0. The zero-order valence-corrected chi connectivity index (χ0v) is 11.1. The highest BCUT2D eigenvalue weighted by molar-refractivity contribution is 5.77. The Hall–Kier alpha value is -1.59. The Bertz CT molecular complexity index is 495. The van der Waals surface area contributed by atoms with Crippen LogP contribution in [0.2, 0.25) is 0 Å². The molecule has 0 radical (unpaired) electrons. The lowest BCUT2D eigenvalue weighted by Gasteiger charge is -2.07. The molecule has 0 aliphatic carbocycles. The van der Waals surface area contributed by atoms with E-state index in [0.29, 0.717) is 13.0 Å². The van der Waals surface area contributed by atoms with Crippen LogP contribution in [0.5, 0.6) is 0 Å². The van der Waals surface area contributed by atoms with Crippen molar-refractivity contribution in [2.24, 2.45) is 0 Å². The second kappa shape index (κ2) is 6.98. The summed E-state index contributed by atoms with van der Waals surface area (Å²) in [4.78, 5) is 37.2. The van der Waals surface area contributed by atoms with Crippen LogP contribution in [-0.4, -0.2) is 20.3 Å². The van der Waals surface area contributed by atoms with Crippen molar-refractivity contribution in [2.45, 2.75) is 58.9 Å². The Kier molecular flexibility index (Phi) is 5.61. The van der Waals surface area contributed by atoms with Gasteiger partial charge in [-0.1, -0.05) is 33.1 Å². The van der Waals surface area contributed by atoms with Crippen LogP contribution in [0.15, 0.2) is 9.59 Å². The average molecular weight is 255 g/mol. The number of aromatic nitrogens is 3. The number of nitrogens with zero attached hydrogens (tertiary/aromatic N) is 2. The Balaban J connectivity index is 2.89. The van der Waals surface area contributed by atoms with E-state index in [1.807, 2.05) is 13.8 Å². The lowest BCUT2D eigenvalue weighted by molar-refractivity contribution is 0.0857. The first kappa shape index (κ1) is 14.5. The fourth-order valence-corrected chi connectivity index (χ4v) is 1.80.